The van der Waals surface area contributed by atoms with Crippen molar-refractivity contribution in [3.05, 3.63) is 92.1 Å². The summed E-state index contributed by atoms with van der Waals surface area (Å²) in [5, 5.41) is 11.5. The van der Waals surface area contributed by atoms with E-state index in [2.05, 4.69) is 20.9 Å². The molecule has 2 aromatic carbocycles. The van der Waals surface area contributed by atoms with E-state index < -0.39 is 23.5 Å². The topological polar surface area (TPSA) is 79.7 Å². The molecule has 0 spiro atoms. The van der Waals surface area contributed by atoms with Gasteiger partial charge in [0.05, 0.1) is 28.8 Å². The first kappa shape index (κ1) is 22.3. The Morgan fingerprint density at radius 1 is 1.09 bits per heavy atom. The van der Waals surface area contributed by atoms with Gasteiger partial charge in [0.25, 0.3) is 11.7 Å². The Morgan fingerprint density at radius 3 is 2.34 bits per heavy atom. The van der Waals surface area contributed by atoms with Crippen LogP contribution in [0.2, 0.25) is 10.0 Å². The molecule has 0 radical (unpaired) electrons. The van der Waals surface area contributed by atoms with E-state index in [0.717, 1.165) is 4.47 Å². The molecule has 1 fully saturated rings. The van der Waals surface area contributed by atoms with Gasteiger partial charge in [0, 0.05) is 28.1 Å². The average Bonchev–Trinajstić information content (AvgIpc) is 3.04. The number of hydrogen-bond donors (Lipinski definition) is 1. The Kier molecular flexibility index (Phi) is 6.24. The summed E-state index contributed by atoms with van der Waals surface area (Å²) in [5.41, 5.74) is 1.20. The van der Waals surface area contributed by atoms with Crippen LogP contribution in [0, 0.1) is 0 Å². The Morgan fingerprint density at radius 2 is 1.75 bits per heavy atom. The number of carbonyl (C=O) groups excluding carboxylic acids is 2. The second-order valence-corrected chi connectivity index (χ2v) is 8.63. The highest BCUT2D eigenvalue weighted by Crippen LogP contribution is 2.44. The fourth-order valence-corrected chi connectivity index (χ4v) is 4.66. The molecule has 6 nitrogen and oxygen atoms in total. The van der Waals surface area contributed by atoms with Crippen molar-refractivity contribution in [2.45, 2.75) is 6.04 Å². The number of rotatable bonds is 4. The Bertz CT molecular complexity index is 1240. The lowest BCUT2D eigenvalue weighted by atomic mass is 9.95. The molecule has 1 aromatic heterocycles. The molecule has 0 aliphatic carbocycles. The number of aliphatic hydroxyl groups is 1. The fourth-order valence-electron chi connectivity index (χ4n) is 3.63. The van der Waals surface area contributed by atoms with Crippen LogP contribution in [0.3, 0.4) is 0 Å². The summed E-state index contributed by atoms with van der Waals surface area (Å²) < 4.78 is 5.88. The monoisotopic (exact) mass is 532 g/mol. The van der Waals surface area contributed by atoms with Crippen LogP contribution >= 0.6 is 39.1 Å². The van der Waals surface area contributed by atoms with Crippen molar-refractivity contribution < 1.29 is 19.4 Å². The van der Waals surface area contributed by atoms with Gasteiger partial charge in [0.2, 0.25) is 0 Å². The van der Waals surface area contributed by atoms with Gasteiger partial charge in [-0.25, -0.2) is 0 Å². The fraction of sp³-hybridized carbons (Fsp3) is 0.0870. The summed E-state index contributed by atoms with van der Waals surface area (Å²) in [6.07, 6.45) is 3.11. The van der Waals surface area contributed by atoms with Crippen molar-refractivity contribution in [1.82, 2.24) is 4.98 Å². The summed E-state index contributed by atoms with van der Waals surface area (Å²) >= 11 is 15.8. The lowest BCUT2D eigenvalue weighted by Gasteiger charge is -2.25. The first-order chi connectivity index (χ1) is 15.3. The first-order valence-corrected chi connectivity index (χ1v) is 10.9. The quantitative estimate of drug-likeness (QED) is 0.261. The van der Waals surface area contributed by atoms with E-state index in [0.29, 0.717) is 11.3 Å². The number of aliphatic hydroxyl groups excluding tert-OH is 1. The van der Waals surface area contributed by atoms with E-state index in [1.807, 2.05) is 6.07 Å². The van der Waals surface area contributed by atoms with Crippen molar-refractivity contribution in [2.24, 2.45) is 0 Å². The number of ketones is 1. The lowest BCUT2D eigenvalue weighted by Crippen LogP contribution is -2.29. The molecular formula is C23H15BrCl2N2O4. The van der Waals surface area contributed by atoms with E-state index >= 15 is 0 Å². The molecule has 1 aliphatic heterocycles. The molecule has 32 heavy (non-hydrogen) atoms. The zero-order chi connectivity index (χ0) is 23.0. The van der Waals surface area contributed by atoms with Gasteiger partial charge < -0.3 is 9.84 Å². The van der Waals surface area contributed by atoms with Crippen molar-refractivity contribution in [3.63, 3.8) is 0 Å². The first-order valence-electron chi connectivity index (χ1n) is 9.33. The minimum atomic E-state index is -0.882. The van der Waals surface area contributed by atoms with Gasteiger partial charge >= 0.3 is 0 Å². The molecule has 0 saturated carbocycles. The van der Waals surface area contributed by atoms with Gasteiger partial charge in [0.15, 0.2) is 5.75 Å². The molecule has 1 N–H and O–H groups in total. The van der Waals surface area contributed by atoms with Crippen LogP contribution in [0.15, 0.2) is 71.0 Å². The van der Waals surface area contributed by atoms with Gasteiger partial charge in [-0.2, -0.15) is 0 Å². The van der Waals surface area contributed by atoms with Crippen molar-refractivity contribution in [1.29, 1.82) is 0 Å². The van der Waals surface area contributed by atoms with Crippen LogP contribution in [0.4, 0.5) is 5.69 Å². The largest absolute Gasteiger partial charge is 0.507 e. The number of aromatic nitrogens is 1. The van der Waals surface area contributed by atoms with E-state index in [9.17, 15) is 14.7 Å². The van der Waals surface area contributed by atoms with Crippen molar-refractivity contribution in [3.8, 4) is 5.75 Å². The molecule has 3 aromatic rings. The van der Waals surface area contributed by atoms with E-state index in [1.54, 1.807) is 42.7 Å². The Hall–Kier alpha value is -2.87. The SMILES string of the molecule is COc1c(Cl)cc(/C(O)=C2\C(=O)C(=O)N(c3cccc(Br)c3)C2c2ccncc2)cc1Cl. The number of amides is 1. The van der Waals surface area contributed by atoms with E-state index in [4.69, 9.17) is 27.9 Å². The molecule has 9 heteroatoms. The predicted molar refractivity (Wildman–Crippen MR) is 126 cm³/mol. The number of hydrogen-bond acceptors (Lipinski definition) is 5. The van der Waals surface area contributed by atoms with E-state index in [1.165, 1.54) is 24.1 Å². The number of methoxy groups -OCH3 is 1. The number of carbonyl (C=O) groups is 2. The molecule has 1 atom stereocenters. The molecule has 1 unspecified atom stereocenters. The summed E-state index contributed by atoms with van der Waals surface area (Å²) in [6.45, 7) is 0. The van der Waals surface area contributed by atoms with Crippen LogP contribution in [0.5, 0.6) is 5.75 Å². The minimum Gasteiger partial charge on any atom is -0.507 e. The maximum Gasteiger partial charge on any atom is 0.300 e. The highest BCUT2D eigenvalue weighted by molar-refractivity contribution is 9.10. The maximum absolute atomic E-state index is 13.1. The highest BCUT2D eigenvalue weighted by Gasteiger charge is 2.47. The average molecular weight is 534 g/mol. The molecule has 2 heterocycles. The van der Waals surface area contributed by atoms with Gasteiger partial charge in [-0.05, 0) is 48.0 Å². The number of benzene rings is 2. The summed E-state index contributed by atoms with van der Waals surface area (Å²) in [7, 11) is 1.42. The zero-order valence-corrected chi connectivity index (χ0v) is 19.6. The van der Waals surface area contributed by atoms with Crippen molar-refractivity contribution >= 4 is 62.3 Å². The molecular weight excluding hydrogens is 519 g/mol. The second kappa shape index (κ2) is 8.94. The lowest BCUT2D eigenvalue weighted by molar-refractivity contribution is -0.132. The van der Waals surface area contributed by atoms with Crippen LogP contribution in [0.1, 0.15) is 17.2 Å². The number of pyridine rings is 1. The third kappa shape index (κ3) is 3.88. The van der Waals surface area contributed by atoms with Crippen LogP contribution in [-0.4, -0.2) is 28.9 Å². The third-order valence-electron chi connectivity index (χ3n) is 5.03. The third-order valence-corrected chi connectivity index (χ3v) is 6.08. The molecule has 1 saturated heterocycles. The number of Topliss-reactive ketones (excluding diaryl/α,β-unsaturated/α-hetero) is 1. The smallest absolute Gasteiger partial charge is 0.300 e. The normalized spacial score (nSPS) is 17.6. The molecule has 4 rings (SSSR count). The van der Waals surface area contributed by atoms with E-state index in [-0.39, 0.29) is 26.9 Å². The zero-order valence-electron chi connectivity index (χ0n) is 16.6. The summed E-state index contributed by atoms with van der Waals surface area (Å²) in [4.78, 5) is 31.6. The molecule has 0 bridgehead atoms. The van der Waals surface area contributed by atoms with Crippen LogP contribution in [-0.2, 0) is 9.59 Å². The van der Waals surface area contributed by atoms with Gasteiger partial charge in [-0.3, -0.25) is 19.5 Å². The number of ether oxygens (including phenoxy) is 1. The van der Waals surface area contributed by atoms with Crippen LogP contribution in [0.25, 0.3) is 5.76 Å². The van der Waals surface area contributed by atoms with Gasteiger partial charge in [-0.1, -0.05) is 45.2 Å². The van der Waals surface area contributed by atoms with Gasteiger partial charge in [0.1, 0.15) is 5.76 Å². The van der Waals surface area contributed by atoms with Gasteiger partial charge in [-0.15, -0.1) is 0 Å². The number of halogens is 3. The van der Waals surface area contributed by atoms with Crippen LogP contribution < -0.4 is 9.64 Å². The minimum absolute atomic E-state index is 0.0847. The Balaban J connectivity index is 1.96. The number of nitrogens with zero attached hydrogens (tertiary/aromatic N) is 2. The molecule has 1 aliphatic rings. The number of anilines is 1. The highest BCUT2D eigenvalue weighted by atomic mass is 79.9. The van der Waals surface area contributed by atoms with Crippen molar-refractivity contribution in [2.75, 3.05) is 12.0 Å². The maximum atomic E-state index is 13.1. The second-order valence-electron chi connectivity index (χ2n) is 6.90. The summed E-state index contributed by atoms with van der Waals surface area (Å²) in [6, 6.07) is 12.3. The molecule has 162 valence electrons. The standard InChI is InChI=1S/C23H15BrCl2N2O4/c1-32-22-16(25)9-13(10-17(22)26)20(29)18-19(12-5-7-27-8-6-12)28(23(31)21(18)30)15-4-2-3-14(24)11-15/h2-11,19,29H,1H3/b20-18+. The predicted octanol–water partition coefficient (Wildman–Crippen LogP) is 5.79. The molecule has 1 amide bonds. The Labute approximate surface area is 202 Å². The summed E-state index contributed by atoms with van der Waals surface area (Å²) in [5.74, 6) is -1.75.